The lowest BCUT2D eigenvalue weighted by Crippen LogP contribution is -2.46. The molecule has 0 radical (unpaired) electrons. The lowest BCUT2D eigenvalue weighted by atomic mass is 9.96. The van der Waals surface area contributed by atoms with E-state index in [1.165, 1.54) is 0 Å². The molecule has 1 unspecified atom stereocenters. The Morgan fingerprint density at radius 1 is 1.29 bits per heavy atom. The minimum atomic E-state index is -0.441. The van der Waals surface area contributed by atoms with Crippen LogP contribution < -0.4 is 5.32 Å². The Morgan fingerprint density at radius 2 is 1.76 bits per heavy atom. The van der Waals surface area contributed by atoms with Crippen LogP contribution in [0, 0.1) is 0 Å². The van der Waals surface area contributed by atoms with E-state index in [1.807, 2.05) is 34.7 Å². The first-order valence-corrected chi connectivity index (χ1v) is 6.13. The number of rotatable bonds is 4. The second-order valence-electron chi connectivity index (χ2n) is 6.28. The van der Waals surface area contributed by atoms with E-state index in [0.717, 1.165) is 6.42 Å². The first-order chi connectivity index (χ1) is 7.48. The van der Waals surface area contributed by atoms with Gasteiger partial charge in [0.25, 0.3) is 0 Å². The highest BCUT2D eigenvalue weighted by Gasteiger charge is 2.26. The first kappa shape index (κ1) is 16.2. The number of carbonyl (C=O) groups excluding carboxylic acids is 1. The fraction of sp³-hybridized carbons (Fsp3) is 0.923. The van der Waals surface area contributed by atoms with E-state index in [9.17, 15) is 4.79 Å². The van der Waals surface area contributed by atoms with Gasteiger partial charge < -0.3 is 15.0 Å². The van der Waals surface area contributed by atoms with Crippen molar-refractivity contribution in [1.82, 2.24) is 10.2 Å². The molecule has 17 heavy (non-hydrogen) atoms. The number of nitrogens with one attached hydrogen (secondary N) is 1. The van der Waals surface area contributed by atoms with Crippen molar-refractivity contribution in [3.8, 4) is 0 Å². The Morgan fingerprint density at radius 3 is 2.12 bits per heavy atom. The molecule has 0 aromatic heterocycles. The highest BCUT2D eigenvalue weighted by molar-refractivity contribution is 5.68. The monoisotopic (exact) mass is 244 g/mol. The highest BCUT2D eigenvalue weighted by atomic mass is 16.6. The summed E-state index contributed by atoms with van der Waals surface area (Å²) in [6, 6.07) is 0.132. The Hall–Kier alpha value is -0.770. The molecule has 0 aromatic carbocycles. The average Bonchev–Trinajstić information content (AvgIpc) is 2.13. The van der Waals surface area contributed by atoms with Crippen molar-refractivity contribution in [2.24, 2.45) is 0 Å². The molecule has 0 saturated carbocycles. The van der Waals surface area contributed by atoms with Gasteiger partial charge in [0, 0.05) is 18.6 Å². The van der Waals surface area contributed by atoms with Gasteiger partial charge in [0.15, 0.2) is 0 Å². The fourth-order valence-corrected chi connectivity index (χ4v) is 1.49. The Kier molecular flexibility index (Phi) is 5.46. The molecule has 102 valence electrons. The summed E-state index contributed by atoms with van der Waals surface area (Å²) in [6.07, 6.45) is 0.607. The Labute approximate surface area is 106 Å². The molecule has 0 aliphatic carbocycles. The normalized spacial score (nSPS) is 14.4. The quantitative estimate of drug-likeness (QED) is 0.826. The third-order valence-electron chi connectivity index (χ3n) is 2.83. The summed E-state index contributed by atoms with van der Waals surface area (Å²) in [7, 11) is 3.71. The SMILES string of the molecule is CNC(C)(C)CC(C)N(C)C(=O)OC(C)(C)C. The van der Waals surface area contributed by atoms with Gasteiger partial charge in [-0.15, -0.1) is 0 Å². The third kappa shape index (κ3) is 6.51. The van der Waals surface area contributed by atoms with Crippen LogP contribution in [0.25, 0.3) is 0 Å². The lowest BCUT2D eigenvalue weighted by molar-refractivity contribution is 0.0212. The van der Waals surface area contributed by atoms with Gasteiger partial charge in [-0.3, -0.25) is 0 Å². The maximum absolute atomic E-state index is 11.9. The Bertz CT molecular complexity index is 257. The van der Waals surface area contributed by atoms with Crippen molar-refractivity contribution in [3.05, 3.63) is 0 Å². The summed E-state index contributed by atoms with van der Waals surface area (Å²) in [4.78, 5) is 13.5. The van der Waals surface area contributed by atoms with Gasteiger partial charge >= 0.3 is 6.09 Å². The van der Waals surface area contributed by atoms with E-state index < -0.39 is 5.60 Å². The molecule has 0 spiro atoms. The van der Waals surface area contributed by atoms with Crippen LogP contribution in [0.3, 0.4) is 0 Å². The summed E-state index contributed by atoms with van der Waals surface area (Å²) in [5.74, 6) is 0. The maximum atomic E-state index is 11.9. The van der Waals surface area contributed by atoms with E-state index in [2.05, 4.69) is 19.2 Å². The summed E-state index contributed by atoms with van der Waals surface area (Å²) < 4.78 is 5.34. The molecule has 0 rings (SSSR count). The van der Waals surface area contributed by atoms with Crippen molar-refractivity contribution in [1.29, 1.82) is 0 Å². The molecule has 4 nitrogen and oxygen atoms in total. The molecule has 0 saturated heterocycles. The van der Waals surface area contributed by atoms with Crippen LogP contribution in [-0.4, -0.2) is 42.3 Å². The molecule has 0 aliphatic rings. The second-order valence-corrected chi connectivity index (χ2v) is 6.28. The molecular weight excluding hydrogens is 216 g/mol. The van der Waals surface area contributed by atoms with Crippen molar-refractivity contribution >= 4 is 6.09 Å². The largest absolute Gasteiger partial charge is 0.444 e. The molecule has 4 heteroatoms. The van der Waals surface area contributed by atoms with Gasteiger partial charge in [0.2, 0.25) is 0 Å². The summed E-state index contributed by atoms with van der Waals surface area (Å²) >= 11 is 0. The molecule has 0 aromatic rings. The van der Waals surface area contributed by atoms with E-state index in [0.29, 0.717) is 0 Å². The fourth-order valence-electron chi connectivity index (χ4n) is 1.49. The van der Waals surface area contributed by atoms with Gasteiger partial charge in [-0.2, -0.15) is 0 Å². The zero-order valence-corrected chi connectivity index (χ0v) is 12.5. The summed E-state index contributed by atoms with van der Waals surface area (Å²) in [5, 5.41) is 3.24. The van der Waals surface area contributed by atoms with Gasteiger partial charge in [0.05, 0.1) is 0 Å². The lowest BCUT2D eigenvalue weighted by Gasteiger charge is -2.33. The van der Waals surface area contributed by atoms with Crippen molar-refractivity contribution in [2.45, 2.75) is 65.1 Å². The molecule has 1 amide bonds. The van der Waals surface area contributed by atoms with Gasteiger partial charge in [-0.25, -0.2) is 4.79 Å². The van der Waals surface area contributed by atoms with Crippen LogP contribution in [0.5, 0.6) is 0 Å². The third-order valence-corrected chi connectivity index (χ3v) is 2.83. The predicted molar refractivity (Wildman–Crippen MR) is 71.2 cm³/mol. The Balaban J connectivity index is 4.40. The standard InChI is InChI=1S/C13H28N2O2/c1-10(9-13(5,6)14-7)15(8)11(16)17-12(2,3)4/h10,14H,9H2,1-8H3. The number of carbonyl (C=O) groups is 1. The van der Waals surface area contributed by atoms with Crippen LogP contribution in [0.15, 0.2) is 0 Å². The number of ether oxygens (including phenoxy) is 1. The number of hydrogen-bond donors (Lipinski definition) is 1. The van der Waals surface area contributed by atoms with Crippen molar-refractivity contribution in [2.75, 3.05) is 14.1 Å². The van der Waals surface area contributed by atoms with Crippen LogP contribution in [0.2, 0.25) is 0 Å². The molecule has 1 atom stereocenters. The van der Waals surface area contributed by atoms with Gasteiger partial charge in [0.1, 0.15) is 5.60 Å². The summed E-state index contributed by atoms with van der Waals surface area (Å²) in [5.41, 5.74) is -0.431. The smallest absolute Gasteiger partial charge is 0.410 e. The molecule has 1 N–H and O–H groups in total. The zero-order chi connectivity index (χ0) is 13.9. The molecule has 0 aliphatic heterocycles. The van der Waals surface area contributed by atoms with E-state index in [4.69, 9.17) is 4.74 Å². The van der Waals surface area contributed by atoms with Crippen molar-refractivity contribution < 1.29 is 9.53 Å². The maximum Gasteiger partial charge on any atom is 0.410 e. The predicted octanol–water partition coefficient (Wildman–Crippen LogP) is 2.63. The average molecular weight is 244 g/mol. The summed E-state index contributed by atoms with van der Waals surface area (Å²) in [6.45, 7) is 11.9. The van der Waals surface area contributed by atoms with Crippen LogP contribution in [-0.2, 0) is 4.74 Å². The minimum Gasteiger partial charge on any atom is -0.444 e. The first-order valence-electron chi connectivity index (χ1n) is 6.13. The highest BCUT2D eigenvalue weighted by Crippen LogP contribution is 2.17. The van der Waals surface area contributed by atoms with Gasteiger partial charge in [-0.05, 0) is 55.0 Å². The molecule has 0 fully saturated rings. The molecular formula is C13H28N2O2. The second kappa shape index (κ2) is 5.71. The van der Waals surface area contributed by atoms with E-state index in [1.54, 1.807) is 11.9 Å². The van der Waals surface area contributed by atoms with Crippen LogP contribution >= 0.6 is 0 Å². The number of amides is 1. The van der Waals surface area contributed by atoms with E-state index >= 15 is 0 Å². The van der Waals surface area contributed by atoms with Crippen LogP contribution in [0.1, 0.15) is 48.0 Å². The van der Waals surface area contributed by atoms with Gasteiger partial charge in [-0.1, -0.05) is 0 Å². The topological polar surface area (TPSA) is 41.6 Å². The number of nitrogens with zero attached hydrogens (tertiary/aromatic N) is 1. The molecule has 0 heterocycles. The van der Waals surface area contributed by atoms with Crippen LogP contribution in [0.4, 0.5) is 4.79 Å². The minimum absolute atomic E-state index is 0.00961. The van der Waals surface area contributed by atoms with E-state index in [-0.39, 0.29) is 17.7 Å². The number of hydrogen-bond acceptors (Lipinski definition) is 3. The zero-order valence-electron chi connectivity index (χ0n) is 12.5. The van der Waals surface area contributed by atoms with Crippen molar-refractivity contribution in [3.63, 3.8) is 0 Å². The molecule has 0 bridgehead atoms.